The molecule has 0 aromatic heterocycles. The molecule has 4 atom stereocenters. The fourth-order valence-corrected chi connectivity index (χ4v) is 7.92. The van der Waals surface area contributed by atoms with Crippen LogP contribution in [0.4, 0.5) is 0 Å². The summed E-state index contributed by atoms with van der Waals surface area (Å²) < 4.78 is 5.73. The number of hydrogen-bond acceptors (Lipinski definition) is 1. The first-order valence-corrected chi connectivity index (χ1v) is 10.4. The van der Waals surface area contributed by atoms with Gasteiger partial charge >= 0.3 is 18.9 Å². The Morgan fingerprint density at radius 1 is 1.10 bits per heavy atom. The van der Waals surface area contributed by atoms with Crippen LogP contribution in [0.25, 0.3) is 4.98 Å². The van der Waals surface area contributed by atoms with Crippen molar-refractivity contribution in [3.63, 3.8) is 0 Å². The monoisotopic (exact) mass is 285 g/mol. The molecule has 0 aromatic carbocycles. The average molecular weight is 285 g/mol. The zero-order valence-electron chi connectivity index (χ0n) is 14.2. The fourth-order valence-electron chi connectivity index (χ4n) is 3.94. The van der Waals surface area contributed by atoms with Gasteiger partial charge in [-0.3, -0.25) is 0 Å². The van der Waals surface area contributed by atoms with Gasteiger partial charge in [-0.05, 0) is 12.3 Å². The van der Waals surface area contributed by atoms with Crippen molar-refractivity contribution < 1.29 is 23.6 Å². The molecule has 0 bridgehead atoms. The molecular formula is C16H28LiNOSi. The van der Waals surface area contributed by atoms with Crippen molar-refractivity contribution in [3.8, 4) is 0 Å². The average Bonchev–Trinajstić information content (AvgIpc) is 2.65. The van der Waals surface area contributed by atoms with Crippen molar-refractivity contribution in [2.45, 2.75) is 57.5 Å². The second-order valence-corrected chi connectivity index (χ2v) is 11.7. The summed E-state index contributed by atoms with van der Waals surface area (Å²) in [7, 11) is 0.241. The third kappa shape index (κ3) is 3.90. The molecule has 2 nitrogen and oxygen atoms in total. The van der Waals surface area contributed by atoms with Crippen LogP contribution in [0.2, 0.25) is 18.6 Å². The molecule has 108 valence electrons. The van der Waals surface area contributed by atoms with E-state index in [1.807, 2.05) is 7.11 Å². The molecule has 0 amide bonds. The predicted molar refractivity (Wildman–Crippen MR) is 85.0 cm³/mol. The predicted octanol–water partition coefficient (Wildman–Crippen LogP) is 1.51. The normalized spacial score (nSPS) is 32.9. The molecule has 0 saturated heterocycles. The van der Waals surface area contributed by atoms with Crippen molar-refractivity contribution in [2.75, 3.05) is 7.11 Å². The van der Waals surface area contributed by atoms with Crippen LogP contribution in [-0.2, 0) is 4.74 Å². The number of rotatable bonds is 3. The second-order valence-electron chi connectivity index (χ2n) is 7.48. The third-order valence-electron chi connectivity index (χ3n) is 4.44. The van der Waals surface area contributed by atoms with Gasteiger partial charge in [0.1, 0.15) is 0 Å². The van der Waals surface area contributed by atoms with E-state index in [1.54, 1.807) is 0 Å². The number of allylic oxidation sites excluding steroid dienone is 3. The molecule has 0 aromatic rings. The summed E-state index contributed by atoms with van der Waals surface area (Å²) in [5.41, 5.74) is 0.771. The number of hydrogen-bond donors (Lipinski definition) is 0. The molecule has 1 saturated carbocycles. The molecule has 2 rings (SSSR count). The maximum absolute atomic E-state index is 5.73. The van der Waals surface area contributed by atoms with Gasteiger partial charge in [0.2, 0.25) is 0 Å². The van der Waals surface area contributed by atoms with Crippen LogP contribution in [0.5, 0.6) is 0 Å². The zero-order valence-corrected chi connectivity index (χ0v) is 15.2. The van der Waals surface area contributed by atoms with E-state index in [-0.39, 0.29) is 24.4 Å². The first-order chi connectivity index (χ1) is 8.74. The molecule has 4 heteroatoms. The maximum atomic E-state index is 5.73. The quantitative estimate of drug-likeness (QED) is 0.721. The smallest absolute Gasteiger partial charge is 0.660 e. The molecule has 0 spiro atoms. The van der Waals surface area contributed by atoms with Gasteiger partial charge in [0.15, 0.2) is 0 Å². The summed E-state index contributed by atoms with van der Waals surface area (Å²) in [4.78, 5) is 5.21. The molecular weight excluding hydrogens is 257 g/mol. The molecule has 2 aliphatic carbocycles. The second kappa shape index (κ2) is 6.54. The van der Waals surface area contributed by atoms with Gasteiger partial charge in [-0.15, -0.1) is 5.54 Å². The van der Waals surface area contributed by atoms with E-state index in [2.05, 4.69) is 58.2 Å². The van der Waals surface area contributed by atoms with Gasteiger partial charge in [-0.1, -0.05) is 71.9 Å². The Morgan fingerprint density at radius 2 is 1.65 bits per heavy atom. The molecule has 0 aliphatic heterocycles. The summed E-state index contributed by atoms with van der Waals surface area (Å²) in [5.74, 6) is 1.18. The van der Waals surface area contributed by atoms with E-state index >= 15 is 0 Å². The maximum Gasteiger partial charge on any atom is 1.00 e. The van der Waals surface area contributed by atoms with Crippen molar-refractivity contribution in [1.29, 1.82) is 0 Å². The van der Waals surface area contributed by atoms with E-state index in [0.717, 1.165) is 0 Å². The van der Waals surface area contributed by atoms with E-state index in [1.165, 1.54) is 6.42 Å². The van der Waals surface area contributed by atoms with Crippen molar-refractivity contribution in [2.24, 2.45) is 11.8 Å². The number of methoxy groups -OCH3 is 1. The topological polar surface area (TPSA) is 23.3 Å². The minimum absolute atomic E-state index is 0. The first kappa shape index (κ1) is 18.3. The number of fused-ring (bicyclic) bond motifs is 1. The molecule has 0 radical (unpaired) electrons. The summed E-state index contributed by atoms with van der Waals surface area (Å²) >= 11 is 0. The standard InChI is InChI=1S/C16H28NOSi.Li/c1-16(2,3)17-19(5,6)15-11-14(18-4)12-9-7-8-10-13(12)15;/h7-10,12-15H,11H2,1-6H3;/q-1;+1. The number of ether oxygens (including phenoxy) is 1. The van der Waals surface area contributed by atoms with Gasteiger partial charge in [-0.2, -0.15) is 0 Å². The summed E-state index contributed by atoms with van der Waals surface area (Å²) in [6, 6.07) is 0. The SMILES string of the molecule is COC1CC([Si](C)(C)[N-]C(C)(C)C)C2C=CC=CC12.[Li+]. The van der Waals surface area contributed by atoms with Crippen LogP contribution in [0, 0.1) is 11.8 Å². The van der Waals surface area contributed by atoms with Gasteiger partial charge < -0.3 is 9.72 Å². The first-order valence-electron chi connectivity index (χ1n) is 7.36. The number of nitrogens with zero attached hydrogens (tertiary/aromatic N) is 1. The Labute approximate surface area is 137 Å². The van der Waals surface area contributed by atoms with Gasteiger partial charge in [0.25, 0.3) is 0 Å². The molecule has 4 unspecified atom stereocenters. The van der Waals surface area contributed by atoms with Crippen LogP contribution in [0.3, 0.4) is 0 Å². The molecule has 2 aliphatic rings. The van der Waals surface area contributed by atoms with E-state index in [4.69, 9.17) is 9.72 Å². The minimum Gasteiger partial charge on any atom is -0.660 e. The van der Waals surface area contributed by atoms with Crippen LogP contribution >= 0.6 is 0 Å². The van der Waals surface area contributed by atoms with E-state index in [0.29, 0.717) is 23.5 Å². The van der Waals surface area contributed by atoms with Crippen LogP contribution < -0.4 is 18.9 Å². The van der Waals surface area contributed by atoms with Crippen LogP contribution in [0.1, 0.15) is 27.2 Å². The van der Waals surface area contributed by atoms with E-state index < -0.39 is 8.24 Å². The van der Waals surface area contributed by atoms with Crippen molar-refractivity contribution >= 4 is 8.24 Å². The van der Waals surface area contributed by atoms with E-state index in [9.17, 15) is 0 Å². The Morgan fingerprint density at radius 3 is 2.15 bits per heavy atom. The molecule has 0 N–H and O–H groups in total. The Hall–Kier alpha value is 0.214. The Kier molecular flexibility index (Phi) is 5.97. The summed E-state index contributed by atoms with van der Waals surface area (Å²) in [6.45, 7) is 11.5. The fraction of sp³-hybridized carbons (Fsp3) is 0.750. The Balaban J connectivity index is 0.00000200. The summed E-state index contributed by atoms with van der Waals surface area (Å²) in [6.07, 6.45) is 10.6. The third-order valence-corrected chi connectivity index (χ3v) is 8.12. The summed E-state index contributed by atoms with van der Waals surface area (Å²) in [5, 5.41) is 0. The van der Waals surface area contributed by atoms with Crippen molar-refractivity contribution in [3.05, 3.63) is 29.3 Å². The van der Waals surface area contributed by atoms with Crippen LogP contribution in [-0.4, -0.2) is 27.0 Å². The molecule has 20 heavy (non-hydrogen) atoms. The van der Waals surface area contributed by atoms with Crippen molar-refractivity contribution in [1.82, 2.24) is 0 Å². The minimum atomic E-state index is -1.61. The Bertz CT molecular complexity index is 386. The molecule has 1 fully saturated rings. The van der Waals surface area contributed by atoms with Gasteiger partial charge in [-0.25, -0.2) is 0 Å². The van der Waals surface area contributed by atoms with Gasteiger partial charge in [0, 0.05) is 13.0 Å². The van der Waals surface area contributed by atoms with Crippen LogP contribution in [0.15, 0.2) is 24.3 Å². The zero-order chi connectivity index (χ0) is 14.3. The largest absolute Gasteiger partial charge is 1.00 e. The van der Waals surface area contributed by atoms with Gasteiger partial charge in [0.05, 0.1) is 6.10 Å². The molecule has 0 heterocycles.